The van der Waals surface area contributed by atoms with Gasteiger partial charge < -0.3 is 5.32 Å². The van der Waals surface area contributed by atoms with Crippen molar-refractivity contribution in [3.8, 4) is 0 Å². The van der Waals surface area contributed by atoms with Crippen LogP contribution in [0.5, 0.6) is 0 Å². The second kappa shape index (κ2) is 6.63. The number of aromatic nitrogens is 3. The van der Waals surface area contributed by atoms with Crippen molar-refractivity contribution >= 4 is 11.6 Å². The van der Waals surface area contributed by atoms with Crippen molar-refractivity contribution in [3.05, 3.63) is 46.8 Å². The number of rotatable bonds is 6. The van der Waals surface area contributed by atoms with Gasteiger partial charge in [0.15, 0.2) is 5.82 Å². The molecule has 0 radical (unpaired) electrons. The molecule has 1 aromatic carbocycles. The maximum atomic E-state index is 13.0. The molecule has 1 heterocycles. The highest BCUT2D eigenvalue weighted by atomic mass is 35.5. The number of nitrogens with zero attached hydrogens (tertiary/aromatic N) is 3. The molecule has 19 heavy (non-hydrogen) atoms. The van der Waals surface area contributed by atoms with Crippen LogP contribution in [0.15, 0.2) is 24.5 Å². The highest BCUT2D eigenvalue weighted by Gasteiger charge is 2.04. The Morgan fingerprint density at radius 2 is 2.26 bits per heavy atom. The van der Waals surface area contributed by atoms with Crippen molar-refractivity contribution in [2.75, 3.05) is 6.54 Å². The van der Waals surface area contributed by atoms with E-state index in [4.69, 9.17) is 11.6 Å². The molecule has 2 rings (SSSR count). The van der Waals surface area contributed by atoms with Crippen LogP contribution >= 0.6 is 11.6 Å². The summed E-state index contributed by atoms with van der Waals surface area (Å²) in [5.74, 6) is 0.343. The van der Waals surface area contributed by atoms with E-state index in [1.807, 2.05) is 0 Å². The highest BCUT2D eigenvalue weighted by Crippen LogP contribution is 2.16. The first-order chi connectivity index (χ1) is 9.19. The molecule has 0 saturated carbocycles. The molecule has 0 unspecified atom stereocenters. The summed E-state index contributed by atoms with van der Waals surface area (Å²) in [5, 5.41) is 7.70. The van der Waals surface area contributed by atoms with Gasteiger partial charge in [0.2, 0.25) is 0 Å². The van der Waals surface area contributed by atoms with Crippen LogP contribution < -0.4 is 5.32 Å². The lowest BCUT2D eigenvalue weighted by Gasteiger charge is -2.02. The fourth-order valence-electron chi connectivity index (χ4n) is 1.69. The standard InChI is InChI=1S/C13H16ClFN4/c1-2-5-16-7-13-17-9-19(18-13)8-10-3-4-12(15)11(14)6-10/h3-4,6,9,16H,2,5,7-8H2,1H3. The van der Waals surface area contributed by atoms with Crippen molar-refractivity contribution in [3.63, 3.8) is 0 Å². The first-order valence-corrected chi connectivity index (χ1v) is 6.60. The zero-order chi connectivity index (χ0) is 13.7. The Morgan fingerprint density at radius 1 is 1.42 bits per heavy atom. The van der Waals surface area contributed by atoms with E-state index in [0.717, 1.165) is 24.4 Å². The fraction of sp³-hybridized carbons (Fsp3) is 0.385. The zero-order valence-electron chi connectivity index (χ0n) is 10.7. The summed E-state index contributed by atoms with van der Waals surface area (Å²) in [6.07, 6.45) is 2.75. The van der Waals surface area contributed by atoms with E-state index in [1.54, 1.807) is 23.1 Å². The molecule has 0 atom stereocenters. The van der Waals surface area contributed by atoms with Crippen molar-refractivity contribution in [2.24, 2.45) is 0 Å². The quantitative estimate of drug-likeness (QED) is 0.828. The van der Waals surface area contributed by atoms with E-state index in [-0.39, 0.29) is 5.02 Å². The van der Waals surface area contributed by atoms with E-state index in [2.05, 4.69) is 22.3 Å². The zero-order valence-corrected chi connectivity index (χ0v) is 11.5. The molecule has 0 aliphatic heterocycles. The number of benzene rings is 1. The molecule has 1 N–H and O–H groups in total. The van der Waals surface area contributed by atoms with Crippen molar-refractivity contribution in [1.29, 1.82) is 0 Å². The molecular weight excluding hydrogens is 267 g/mol. The smallest absolute Gasteiger partial charge is 0.164 e. The van der Waals surface area contributed by atoms with E-state index in [9.17, 15) is 4.39 Å². The van der Waals surface area contributed by atoms with Crippen LogP contribution in [0.3, 0.4) is 0 Å². The third-order valence-electron chi connectivity index (χ3n) is 2.62. The molecule has 0 saturated heterocycles. The number of halogens is 2. The highest BCUT2D eigenvalue weighted by molar-refractivity contribution is 6.30. The third-order valence-corrected chi connectivity index (χ3v) is 2.91. The fourth-order valence-corrected chi connectivity index (χ4v) is 1.90. The summed E-state index contributed by atoms with van der Waals surface area (Å²) in [5.41, 5.74) is 0.893. The van der Waals surface area contributed by atoms with Gasteiger partial charge in [-0.3, -0.25) is 0 Å². The van der Waals surface area contributed by atoms with Crippen LogP contribution in [0.1, 0.15) is 24.7 Å². The lowest BCUT2D eigenvalue weighted by molar-refractivity contribution is 0.618. The van der Waals surface area contributed by atoms with Gasteiger partial charge in [-0.05, 0) is 30.7 Å². The molecule has 0 amide bonds. The number of hydrogen-bond donors (Lipinski definition) is 1. The lowest BCUT2D eigenvalue weighted by Crippen LogP contribution is -2.15. The average molecular weight is 283 g/mol. The van der Waals surface area contributed by atoms with Gasteiger partial charge in [0.05, 0.1) is 18.1 Å². The first kappa shape index (κ1) is 14.0. The summed E-state index contributed by atoms with van der Waals surface area (Å²) in [4.78, 5) is 4.21. The van der Waals surface area contributed by atoms with Gasteiger partial charge in [-0.2, -0.15) is 5.10 Å². The van der Waals surface area contributed by atoms with Crippen LogP contribution in [0.4, 0.5) is 4.39 Å². The number of nitrogens with one attached hydrogen (secondary N) is 1. The summed E-state index contributed by atoms with van der Waals surface area (Å²) in [6, 6.07) is 4.66. The minimum absolute atomic E-state index is 0.127. The molecule has 0 aliphatic rings. The van der Waals surface area contributed by atoms with Gasteiger partial charge in [-0.25, -0.2) is 14.1 Å². The molecule has 0 spiro atoms. The van der Waals surface area contributed by atoms with Gasteiger partial charge in [0, 0.05) is 0 Å². The molecular formula is C13H16ClFN4. The molecule has 0 aliphatic carbocycles. The summed E-state index contributed by atoms with van der Waals surface area (Å²) in [7, 11) is 0. The monoisotopic (exact) mass is 282 g/mol. The minimum Gasteiger partial charge on any atom is -0.310 e. The maximum absolute atomic E-state index is 13.0. The third kappa shape index (κ3) is 4.01. The molecule has 0 fully saturated rings. The normalized spacial score (nSPS) is 10.9. The van der Waals surface area contributed by atoms with Crippen molar-refractivity contribution < 1.29 is 4.39 Å². The summed E-state index contributed by atoms with van der Waals surface area (Å²) >= 11 is 5.74. The summed E-state index contributed by atoms with van der Waals surface area (Å²) < 4.78 is 14.8. The van der Waals surface area contributed by atoms with Crippen LogP contribution in [0.2, 0.25) is 5.02 Å². The topological polar surface area (TPSA) is 42.7 Å². The largest absolute Gasteiger partial charge is 0.310 e. The first-order valence-electron chi connectivity index (χ1n) is 6.22. The Hall–Kier alpha value is -1.46. The Labute approximate surface area is 116 Å². The van der Waals surface area contributed by atoms with Gasteiger partial charge in [-0.15, -0.1) is 0 Å². The molecule has 2 aromatic rings. The molecule has 102 valence electrons. The van der Waals surface area contributed by atoms with E-state index in [1.165, 1.54) is 6.07 Å². The van der Waals surface area contributed by atoms with Gasteiger partial charge >= 0.3 is 0 Å². The van der Waals surface area contributed by atoms with Crippen LogP contribution in [-0.2, 0) is 13.1 Å². The molecule has 4 nitrogen and oxygen atoms in total. The second-order valence-corrected chi connectivity index (χ2v) is 4.69. The maximum Gasteiger partial charge on any atom is 0.164 e. The lowest BCUT2D eigenvalue weighted by atomic mass is 10.2. The molecule has 1 aromatic heterocycles. The predicted octanol–water partition coefficient (Wildman–Crippen LogP) is 2.62. The van der Waals surface area contributed by atoms with Crippen LogP contribution in [-0.4, -0.2) is 21.3 Å². The minimum atomic E-state index is -0.409. The van der Waals surface area contributed by atoms with Crippen molar-refractivity contribution in [1.82, 2.24) is 20.1 Å². The molecule has 6 heteroatoms. The van der Waals surface area contributed by atoms with Gasteiger partial charge in [0.1, 0.15) is 12.1 Å². The van der Waals surface area contributed by atoms with Crippen molar-refractivity contribution in [2.45, 2.75) is 26.4 Å². The SMILES string of the molecule is CCCNCc1ncn(Cc2ccc(F)c(Cl)c2)n1. The van der Waals surface area contributed by atoms with Crippen LogP contribution in [0.25, 0.3) is 0 Å². The van der Waals surface area contributed by atoms with Crippen LogP contribution in [0, 0.1) is 5.82 Å². The van der Waals surface area contributed by atoms with Gasteiger partial charge in [0.25, 0.3) is 0 Å². The van der Waals surface area contributed by atoms with E-state index in [0.29, 0.717) is 13.1 Å². The van der Waals surface area contributed by atoms with E-state index < -0.39 is 5.82 Å². The average Bonchev–Trinajstić information content (AvgIpc) is 2.82. The van der Waals surface area contributed by atoms with Gasteiger partial charge in [-0.1, -0.05) is 24.6 Å². The predicted molar refractivity (Wildman–Crippen MR) is 72.5 cm³/mol. The Kier molecular flexibility index (Phi) is 4.87. The summed E-state index contributed by atoms with van der Waals surface area (Å²) in [6.45, 7) is 4.24. The Bertz CT molecular complexity index is 541. The van der Waals surface area contributed by atoms with E-state index >= 15 is 0 Å². The molecule has 0 bridgehead atoms. The second-order valence-electron chi connectivity index (χ2n) is 4.28. The Morgan fingerprint density at radius 3 is 3.00 bits per heavy atom. The number of hydrogen-bond acceptors (Lipinski definition) is 3. The Balaban J connectivity index is 1.97.